The van der Waals surface area contributed by atoms with Crippen molar-refractivity contribution in [1.82, 2.24) is 9.55 Å². The smallest absolute Gasteiger partial charge is 0.135 e. The van der Waals surface area contributed by atoms with Crippen molar-refractivity contribution in [2.45, 2.75) is 20.4 Å². The summed E-state index contributed by atoms with van der Waals surface area (Å²) in [7, 11) is 0. The SMILES string of the molecule is CC(C)Cn1cnc(-c2c(F)cccc2F)c1N. The third-order valence-corrected chi connectivity index (χ3v) is 2.64. The van der Waals surface area contributed by atoms with E-state index in [-0.39, 0.29) is 17.1 Å². The Balaban J connectivity index is 2.49. The molecule has 0 saturated carbocycles. The van der Waals surface area contributed by atoms with Crippen LogP contribution in [0.2, 0.25) is 0 Å². The van der Waals surface area contributed by atoms with E-state index in [4.69, 9.17) is 5.73 Å². The molecule has 3 nitrogen and oxygen atoms in total. The van der Waals surface area contributed by atoms with Crippen molar-refractivity contribution in [2.24, 2.45) is 5.92 Å². The first kappa shape index (κ1) is 12.5. The van der Waals surface area contributed by atoms with E-state index in [1.807, 2.05) is 13.8 Å². The fourth-order valence-corrected chi connectivity index (χ4v) is 1.85. The second-order valence-electron chi connectivity index (χ2n) is 4.62. The summed E-state index contributed by atoms with van der Waals surface area (Å²) in [5, 5.41) is 0. The van der Waals surface area contributed by atoms with Crippen molar-refractivity contribution in [3.8, 4) is 11.3 Å². The van der Waals surface area contributed by atoms with E-state index < -0.39 is 11.6 Å². The molecule has 0 aliphatic carbocycles. The lowest BCUT2D eigenvalue weighted by Crippen LogP contribution is -2.07. The molecule has 1 heterocycles. The number of benzene rings is 1. The molecule has 1 aromatic heterocycles. The molecular weight excluding hydrogens is 236 g/mol. The Morgan fingerprint density at radius 1 is 1.28 bits per heavy atom. The minimum absolute atomic E-state index is 0.159. The molecule has 2 N–H and O–H groups in total. The van der Waals surface area contributed by atoms with Gasteiger partial charge in [0, 0.05) is 6.54 Å². The fourth-order valence-electron chi connectivity index (χ4n) is 1.85. The normalized spacial score (nSPS) is 11.2. The summed E-state index contributed by atoms with van der Waals surface area (Å²) in [6.45, 7) is 4.72. The van der Waals surface area contributed by atoms with Crippen LogP contribution >= 0.6 is 0 Å². The van der Waals surface area contributed by atoms with Crippen LogP contribution in [0.15, 0.2) is 24.5 Å². The van der Waals surface area contributed by atoms with Gasteiger partial charge in [-0.1, -0.05) is 19.9 Å². The highest BCUT2D eigenvalue weighted by Crippen LogP contribution is 2.29. The number of halogens is 2. The molecule has 96 valence electrons. The quantitative estimate of drug-likeness (QED) is 0.911. The van der Waals surface area contributed by atoms with Crippen LogP contribution in [0.1, 0.15) is 13.8 Å². The number of nitrogens with two attached hydrogens (primary N) is 1. The van der Waals surface area contributed by atoms with Gasteiger partial charge in [0.2, 0.25) is 0 Å². The van der Waals surface area contributed by atoms with Gasteiger partial charge < -0.3 is 10.3 Å². The van der Waals surface area contributed by atoms with Crippen LogP contribution in [-0.2, 0) is 6.54 Å². The summed E-state index contributed by atoms with van der Waals surface area (Å²) in [4.78, 5) is 4.02. The van der Waals surface area contributed by atoms with Gasteiger partial charge in [0.15, 0.2) is 0 Å². The van der Waals surface area contributed by atoms with E-state index in [1.165, 1.54) is 24.5 Å². The van der Waals surface area contributed by atoms with Gasteiger partial charge in [0.1, 0.15) is 23.1 Å². The summed E-state index contributed by atoms with van der Waals surface area (Å²) in [6.07, 6.45) is 1.51. The second kappa shape index (κ2) is 4.76. The molecule has 5 heteroatoms. The van der Waals surface area contributed by atoms with E-state index in [0.29, 0.717) is 12.5 Å². The summed E-state index contributed by atoms with van der Waals surface area (Å²) < 4.78 is 29.0. The van der Waals surface area contributed by atoms with Crippen molar-refractivity contribution >= 4 is 5.82 Å². The molecule has 1 aromatic carbocycles. The van der Waals surface area contributed by atoms with Gasteiger partial charge in [-0.25, -0.2) is 13.8 Å². The maximum absolute atomic E-state index is 13.6. The van der Waals surface area contributed by atoms with Crippen LogP contribution in [0.5, 0.6) is 0 Å². The molecule has 0 bridgehead atoms. The van der Waals surface area contributed by atoms with Gasteiger partial charge in [-0.3, -0.25) is 0 Å². The standard InChI is InChI=1S/C13H15F2N3/c1-8(2)6-18-7-17-12(13(18)16)11-9(14)4-3-5-10(11)15/h3-5,7-8H,6,16H2,1-2H3. The van der Waals surface area contributed by atoms with E-state index in [9.17, 15) is 8.78 Å². The van der Waals surface area contributed by atoms with Crippen LogP contribution in [0, 0.1) is 17.6 Å². The van der Waals surface area contributed by atoms with Crippen LogP contribution in [0.3, 0.4) is 0 Å². The number of nitrogens with zero attached hydrogens (tertiary/aromatic N) is 2. The number of hydrogen-bond acceptors (Lipinski definition) is 2. The molecule has 0 aliphatic rings. The van der Waals surface area contributed by atoms with Crippen LogP contribution in [0.4, 0.5) is 14.6 Å². The van der Waals surface area contributed by atoms with Crippen molar-refractivity contribution in [2.75, 3.05) is 5.73 Å². The van der Waals surface area contributed by atoms with Gasteiger partial charge in [0.25, 0.3) is 0 Å². The van der Waals surface area contributed by atoms with E-state index in [2.05, 4.69) is 4.98 Å². The second-order valence-corrected chi connectivity index (χ2v) is 4.62. The van der Waals surface area contributed by atoms with E-state index in [1.54, 1.807) is 4.57 Å². The molecular formula is C13H15F2N3. The molecule has 0 spiro atoms. The van der Waals surface area contributed by atoms with E-state index >= 15 is 0 Å². The average molecular weight is 251 g/mol. The summed E-state index contributed by atoms with van der Waals surface area (Å²) in [5.74, 6) is -0.652. The van der Waals surface area contributed by atoms with Crippen LogP contribution in [-0.4, -0.2) is 9.55 Å². The van der Waals surface area contributed by atoms with Gasteiger partial charge in [0.05, 0.1) is 11.9 Å². The maximum Gasteiger partial charge on any atom is 0.135 e. The van der Waals surface area contributed by atoms with Crippen LogP contribution in [0.25, 0.3) is 11.3 Å². The van der Waals surface area contributed by atoms with Crippen LogP contribution < -0.4 is 5.73 Å². The van der Waals surface area contributed by atoms with Crippen molar-refractivity contribution in [1.29, 1.82) is 0 Å². The number of anilines is 1. The molecule has 2 aromatic rings. The average Bonchev–Trinajstić information content (AvgIpc) is 2.61. The highest BCUT2D eigenvalue weighted by molar-refractivity contribution is 5.71. The summed E-state index contributed by atoms with van der Waals surface area (Å²) >= 11 is 0. The monoisotopic (exact) mass is 251 g/mol. The molecule has 0 fully saturated rings. The molecule has 0 amide bonds. The molecule has 0 saturated heterocycles. The predicted octanol–water partition coefficient (Wildman–Crippen LogP) is 3.07. The number of aromatic nitrogens is 2. The zero-order chi connectivity index (χ0) is 13.3. The summed E-state index contributed by atoms with van der Waals surface area (Å²) in [6, 6.07) is 3.70. The third-order valence-electron chi connectivity index (χ3n) is 2.64. The Hall–Kier alpha value is -1.91. The molecule has 0 unspecified atom stereocenters. The first-order valence-electron chi connectivity index (χ1n) is 5.75. The zero-order valence-corrected chi connectivity index (χ0v) is 10.3. The first-order valence-corrected chi connectivity index (χ1v) is 5.75. The van der Waals surface area contributed by atoms with Crippen molar-refractivity contribution in [3.63, 3.8) is 0 Å². The molecule has 0 aliphatic heterocycles. The summed E-state index contributed by atoms with van der Waals surface area (Å²) in [5.41, 5.74) is 5.88. The topological polar surface area (TPSA) is 43.8 Å². The largest absolute Gasteiger partial charge is 0.383 e. The van der Waals surface area contributed by atoms with Gasteiger partial charge in [-0.2, -0.15) is 0 Å². The molecule has 18 heavy (non-hydrogen) atoms. The molecule has 0 radical (unpaired) electrons. The fraction of sp³-hybridized carbons (Fsp3) is 0.308. The Labute approximate surface area is 104 Å². The zero-order valence-electron chi connectivity index (χ0n) is 10.3. The predicted molar refractivity (Wildman–Crippen MR) is 66.8 cm³/mol. The van der Waals surface area contributed by atoms with Gasteiger partial charge in [-0.15, -0.1) is 0 Å². The van der Waals surface area contributed by atoms with Crippen molar-refractivity contribution in [3.05, 3.63) is 36.2 Å². The Bertz CT molecular complexity index is 541. The molecule has 2 rings (SSSR count). The Morgan fingerprint density at radius 2 is 1.89 bits per heavy atom. The lowest BCUT2D eigenvalue weighted by Gasteiger charge is -2.08. The minimum atomic E-state index is -0.656. The highest BCUT2D eigenvalue weighted by atomic mass is 19.1. The Morgan fingerprint density at radius 3 is 2.44 bits per heavy atom. The number of rotatable bonds is 3. The lowest BCUT2D eigenvalue weighted by atomic mass is 10.1. The lowest BCUT2D eigenvalue weighted by molar-refractivity contribution is 0.527. The van der Waals surface area contributed by atoms with Gasteiger partial charge >= 0.3 is 0 Å². The third kappa shape index (κ3) is 2.20. The maximum atomic E-state index is 13.6. The Kier molecular flexibility index (Phi) is 3.32. The highest BCUT2D eigenvalue weighted by Gasteiger charge is 2.18. The number of imidazole rings is 1. The first-order chi connectivity index (χ1) is 8.50. The van der Waals surface area contributed by atoms with Crippen molar-refractivity contribution < 1.29 is 8.78 Å². The minimum Gasteiger partial charge on any atom is -0.383 e. The molecule has 0 atom stereocenters. The number of nitrogen functional groups attached to an aromatic ring is 1. The number of hydrogen-bond donors (Lipinski definition) is 1. The van der Waals surface area contributed by atoms with E-state index in [0.717, 1.165) is 0 Å². The van der Waals surface area contributed by atoms with Gasteiger partial charge in [-0.05, 0) is 18.1 Å².